The first-order chi connectivity index (χ1) is 10.1. The number of oxime groups is 1. The van der Waals surface area contributed by atoms with Crippen LogP contribution in [0.3, 0.4) is 0 Å². The molecule has 0 radical (unpaired) electrons. The molecule has 0 aliphatic heterocycles. The molecule has 4 N–H and O–H groups in total. The molecule has 0 spiro atoms. The van der Waals surface area contributed by atoms with Crippen molar-refractivity contribution in [3.8, 4) is 5.75 Å². The molecule has 0 aliphatic carbocycles. The van der Waals surface area contributed by atoms with E-state index in [2.05, 4.69) is 26.4 Å². The molecule has 0 aliphatic rings. The molecule has 1 aromatic carbocycles. The quantitative estimate of drug-likeness (QED) is 0.331. The van der Waals surface area contributed by atoms with E-state index in [0.717, 1.165) is 0 Å². The van der Waals surface area contributed by atoms with Crippen LogP contribution in [0.4, 0.5) is 5.69 Å². The van der Waals surface area contributed by atoms with Gasteiger partial charge in [-0.1, -0.05) is 11.2 Å². The van der Waals surface area contributed by atoms with Crippen LogP contribution in [0.15, 0.2) is 50.8 Å². The molecule has 1 amide bonds. The fraction of sp³-hybridized carbons (Fsp3) is 0.0769. The van der Waals surface area contributed by atoms with Gasteiger partial charge in [-0.25, -0.2) is 0 Å². The highest BCUT2D eigenvalue weighted by Gasteiger charge is 2.12. The van der Waals surface area contributed by atoms with Gasteiger partial charge in [0.25, 0.3) is 5.91 Å². The second-order valence-corrected chi connectivity index (χ2v) is 4.69. The number of carbonyl (C=O) groups excluding carboxylic acids is 1. The summed E-state index contributed by atoms with van der Waals surface area (Å²) < 4.78 is 10.7. The van der Waals surface area contributed by atoms with Crippen molar-refractivity contribution < 1.29 is 19.2 Å². The zero-order valence-electron chi connectivity index (χ0n) is 10.7. The van der Waals surface area contributed by atoms with Crippen molar-refractivity contribution >= 4 is 33.4 Å². The SMILES string of the molecule is N/C(COc1cccc(NC(=O)c2ccoc2Br)c1)=N/O. The predicted octanol–water partition coefficient (Wildman–Crippen LogP) is 2.42. The van der Waals surface area contributed by atoms with E-state index in [1.165, 1.54) is 6.26 Å². The number of halogens is 1. The molecule has 0 unspecified atom stereocenters. The Kier molecular flexibility index (Phi) is 4.83. The molecule has 2 aromatic rings. The van der Waals surface area contributed by atoms with E-state index in [1.54, 1.807) is 30.3 Å². The number of ether oxygens (including phenoxy) is 1. The average Bonchev–Trinajstić information content (AvgIpc) is 2.91. The zero-order valence-corrected chi connectivity index (χ0v) is 12.3. The van der Waals surface area contributed by atoms with Crippen molar-refractivity contribution in [2.24, 2.45) is 10.9 Å². The van der Waals surface area contributed by atoms with Crippen LogP contribution < -0.4 is 15.8 Å². The number of benzene rings is 1. The Balaban J connectivity index is 2.04. The van der Waals surface area contributed by atoms with Crippen LogP contribution in [-0.2, 0) is 0 Å². The van der Waals surface area contributed by atoms with Crippen molar-refractivity contribution in [3.63, 3.8) is 0 Å². The lowest BCUT2D eigenvalue weighted by molar-refractivity contribution is 0.102. The van der Waals surface area contributed by atoms with Gasteiger partial charge >= 0.3 is 0 Å². The number of hydrogen-bond acceptors (Lipinski definition) is 5. The van der Waals surface area contributed by atoms with Gasteiger partial charge < -0.3 is 25.4 Å². The van der Waals surface area contributed by atoms with Gasteiger partial charge in [0.15, 0.2) is 10.5 Å². The van der Waals surface area contributed by atoms with Crippen LogP contribution in [0.1, 0.15) is 10.4 Å². The number of nitrogens with two attached hydrogens (primary N) is 1. The third-order valence-electron chi connectivity index (χ3n) is 2.47. The summed E-state index contributed by atoms with van der Waals surface area (Å²) >= 11 is 3.14. The van der Waals surface area contributed by atoms with E-state index < -0.39 is 0 Å². The molecular formula is C13H12BrN3O4. The maximum Gasteiger partial charge on any atom is 0.260 e. The topological polar surface area (TPSA) is 110 Å². The van der Waals surface area contributed by atoms with Gasteiger partial charge in [-0.2, -0.15) is 0 Å². The summed E-state index contributed by atoms with van der Waals surface area (Å²) in [6.45, 7) is -0.0544. The molecular weight excluding hydrogens is 342 g/mol. The van der Waals surface area contributed by atoms with Crippen molar-refractivity contribution in [2.75, 3.05) is 11.9 Å². The molecule has 0 atom stereocenters. The number of carbonyl (C=O) groups is 1. The van der Waals surface area contributed by atoms with Crippen LogP contribution in [0.5, 0.6) is 5.75 Å². The molecule has 0 fully saturated rings. The number of rotatable bonds is 5. The maximum absolute atomic E-state index is 12.0. The minimum atomic E-state index is -0.316. The summed E-state index contributed by atoms with van der Waals surface area (Å²) in [5.41, 5.74) is 6.24. The van der Waals surface area contributed by atoms with Gasteiger partial charge in [-0.15, -0.1) is 0 Å². The van der Waals surface area contributed by atoms with Crippen molar-refractivity contribution in [1.82, 2.24) is 0 Å². The summed E-state index contributed by atoms with van der Waals surface area (Å²) in [7, 11) is 0. The number of furan rings is 1. The van der Waals surface area contributed by atoms with E-state index in [4.69, 9.17) is 20.1 Å². The standard InChI is InChI=1S/C13H12BrN3O4/c14-12-10(4-5-20-12)13(18)16-8-2-1-3-9(6-8)21-7-11(15)17-19/h1-6,19H,7H2,(H2,15,17)(H,16,18). The van der Waals surface area contributed by atoms with E-state index in [1.807, 2.05) is 0 Å². The third kappa shape index (κ3) is 3.99. The first kappa shape index (κ1) is 14.9. The minimum Gasteiger partial charge on any atom is -0.485 e. The Labute approximate surface area is 128 Å². The van der Waals surface area contributed by atoms with Gasteiger partial charge in [0.1, 0.15) is 12.4 Å². The number of anilines is 1. The third-order valence-corrected chi connectivity index (χ3v) is 3.08. The molecule has 21 heavy (non-hydrogen) atoms. The van der Waals surface area contributed by atoms with Crippen LogP contribution >= 0.6 is 15.9 Å². The fourth-order valence-electron chi connectivity index (χ4n) is 1.50. The number of amidine groups is 1. The van der Waals surface area contributed by atoms with Crippen LogP contribution in [-0.4, -0.2) is 23.6 Å². The first-order valence-corrected chi connectivity index (χ1v) is 6.63. The summed E-state index contributed by atoms with van der Waals surface area (Å²) in [6.07, 6.45) is 1.41. The molecule has 1 heterocycles. The molecule has 110 valence electrons. The molecule has 7 nitrogen and oxygen atoms in total. The normalized spacial score (nSPS) is 11.2. The van der Waals surface area contributed by atoms with Crippen LogP contribution in [0.2, 0.25) is 0 Å². The maximum atomic E-state index is 12.0. The smallest absolute Gasteiger partial charge is 0.260 e. The van der Waals surface area contributed by atoms with E-state index in [-0.39, 0.29) is 18.3 Å². The van der Waals surface area contributed by atoms with Crippen LogP contribution in [0, 0.1) is 0 Å². The van der Waals surface area contributed by atoms with Gasteiger partial charge in [-0.3, -0.25) is 4.79 Å². The monoisotopic (exact) mass is 353 g/mol. The number of nitrogens with zero attached hydrogens (tertiary/aromatic N) is 1. The summed E-state index contributed by atoms with van der Waals surface area (Å²) in [5.74, 6) is 0.113. The van der Waals surface area contributed by atoms with Crippen LogP contribution in [0.25, 0.3) is 0 Å². The van der Waals surface area contributed by atoms with Crippen molar-refractivity contribution in [2.45, 2.75) is 0 Å². The zero-order chi connectivity index (χ0) is 15.2. The van der Waals surface area contributed by atoms with Gasteiger partial charge in [0.05, 0.1) is 11.8 Å². The Morgan fingerprint density at radius 1 is 1.48 bits per heavy atom. The number of hydrogen-bond donors (Lipinski definition) is 3. The van der Waals surface area contributed by atoms with Gasteiger partial charge in [0.2, 0.25) is 0 Å². The number of amides is 1. The summed E-state index contributed by atoms with van der Waals surface area (Å²) in [4.78, 5) is 12.0. The highest BCUT2D eigenvalue weighted by molar-refractivity contribution is 9.10. The second kappa shape index (κ2) is 6.80. The molecule has 1 aromatic heterocycles. The fourth-order valence-corrected chi connectivity index (χ4v) is 1.92. The average molecular weight is 354 g/mol. The lowest BCUT2D eigenvalue weighted by Crippen LogP contribution is -2.20. The Bertz CT molecular complexity index is 669. The summed E-state index contributed by atoms with van der Waals surface area (Å²) in [5, 5.41) is 13.9. The number of nitrogens with one attached hydrogen (secondary N) is 1. The van der Waals surface area contributed by atoms with E-state index in [9.17, 15) is 4.79 Å². The Hall–Kier alpha value is -2.48. The van der Waals surface area contributed by atoms with Gasteiger partial charge in [0, 0.05) is 11.8 Å². The second-order valence-electron chi connectivity index (χ2n) is 3.97. The summed E-state index contributed by atoms with van der Waals surface area (Å²) in [6, 6.07) is 8.28. The lowest BCUT2D eigenvalue weighted by Gasteiger charge is -2.08. The lowest BCUT2D eigenvalue weighted by atomic mass is 10.2. The minimum absolute atomic E-state index is 0.0493. The highest BCUT2D eigenvalue weighted by atomic mass is 79.9. The van der Waals surface area contributed by atoms with Crippen molar-refractivity contribution in [3.05, 3.63) is 46.8 Å². The van der Waals surface area contributed by atoms with E-state index >= 15 is 0 Å². The molecule has 0 bridgehead atoms. The molecule has 0 saturated heterocycles. The largest absolute Gasteiger partial charge is 0.485 e. The van der Waals surface area contributed by atoms with Gasteiger partial charge in [-0.05, 0) is 34.1 Å². The first-order valence-electron chi connectivity index (χ1n) is 5.83. The molecule has 8 heteroatoms. The van der Waals surface area contributed by atoms with E-state index in [0.29, 0.717) is 21.7 Å². The molecule has 0 saturated carbocycles. The predicted molar refractivity (Wildman–Crippen MR) is 79.7 cm³/mol. The van der Waals surface area contributed by atoms with Crippen molar-refractivity contribution in [1.29, 1.82) is 0 Å². The Morgan fingerprint density at radius 3 is 2.95 bits per heavy atom. The highest BCUT2D eigenvalue weighted by Crippen LogP contribution is 2.21. The molecule has 2 rings (SSSR count). The Morgan fingerprint density at radius 2 is 2.29 bits per heavy atom.